The molecule has 0 aromatic heterocycles. The molecule has 0 unspecified atom stereocenters. The first-order valence-electron chi connectivity index (χ1n) is 6.05. The van der Waals surface area contributed by atoms with E-state index in [1.165, 1.54) is 0 Å². The zero-order chi connectivity index (χ0) is 16.7. The number of hydrogen-bond acceptors (Lipinski definition) is 7. The van der Waals surface area contributed by atoms with Crippen LogP contribution in [0, 0.1) is 0 Å². The van der Waals surface area contributed by atoms with E-state index in [4.69, 9.17) is 0 Å². The van der Waals surface area contributed by atoms with Gasteiger partial charge in [0.1, 0.15) is 15.8 Å². The van der Waals surface area contributed by atoms with E-state index in [-0.39, 0.29) is 12.1 Å². The first-order chi connectivity index (χ1) is 10.0. The van der Waals surface area contributed by atoms with Crippen LogP contribution in [0.3, 0.4) is 0 Å². The van der Waals surface area contributed by atoms with Gasteiger partial charge in [-0.15, -0.1) is 0 Å². The van der Waals surface area contributed by atoms with Crippen molar-refractivity contribution in [3.8, 4) is 0 Å². The molecule has 0 bridgehead atoms. The number of rotatable bonds is 4. The van der Waals surface area contributed by atoms with Gasteiger partial charge in [0, 0.05) is 5.71 Å². The molecule has 122 valence electrons. The average molecular weight is 350 g/mol. The second-order valence-electron chi connectivity index (χ2n) is 4.53. The smallest absolute Gasteiger partial charge is 0.296 e. The predicted octanol–water partition coefficient (Wildman–Crippen LogP) is 2.02. The molecule has 2 rings (SSSR count). The van der Waals surface area contributed by atoms with Crippen molar-refractivity contribution in [2.45, 2.75) is 29.6 Å². The Kier molecular flexibility index (Phi) is 4.30. The Balaban J connectivity index is 2.66. The molecule has 1 aliphatic heterocycles. The summed E-state index contributed by atoms with van der Waals surface area (Å²) < 4.78 is 59.8. The first kappa shape index (κ1) is 16.9. The van der Waals surface area contributed by atoms with Crippen LogP contribution in [0.5, 0.6) is 0 Å². The second-order valence-corrected chi connectivity index (χ2v) is 7.42. The fourth-order valence-electron chi connectivity index (χ4n) is 1.92. The van der Waals surface area contributed by atoms with Crippen molar-refractivity contribution >= 4 is 38.3 Å². The summed E-state index contributed by atoms with van der Waals surface area (Å²) in [4.78, 5) is 10.9. The summed E-state index contributed by atoms with van der Waals surface area (Å²) in [6, 6.07) is 2.67. The maximum absolute atomic E-state index is 11.9. The van der Waals surface area contributed by atoms with Gasteiger partial charge in [-0.05, 0) is 24.6 Å². The highest BCUT2D eigenvalue weighted by molar-refractivity contribution is 8.19. The molecule has 0 atom stereocenters. The van der Waals surface area contributed by atoms with Crippen molar-refractivity contribution in [2.24, 2.45) is 5.10 Å². The summed E-state index contributed by atoms with van der Waals surface area (Å²) in [6.45, 7) is 1.76. The van der Waals surface area contributed by atoms with Crippen LogP contribution >= 0.6 is 10.9 Å². The fourth-order valence-corrected chi connectivity index (χ4v) is 3.09. The van der Waals surface area contributed by atoms with E-state index in [1.807, 2.05) is 0 Å². The molecule has 1 aromatic carbocycles. The Bertz CT molecular complexity index is 752. The van der Waals surface area contributed by atoms with Crippen LogP contribution in [0.2, 0.25) is 0 Å². The minimum atomic E-state index is -4.68. The molecule has 9 nitrogen and oxygen atoms in total. The maximum atomic E-state index is 11.9. The van der Waals surface area contributed by atoms with Crippen molar-refractivity contribution in [3.05, 3.63) is 18.2 Å². The number of amides is 1. The summed E-state index contributed by atoms with van der Waals surface area (Å²) in [5, 5.41) is 4.70. The molecule has 0 saturated carbocycles. The van der Waals surface area contributed by atoms with Gasteiger partial charge in [0.15, 0.2) is 0 Å². The van der Waals surface area contributed by atoms with Gasteiger partial charge in [-0.25, -0.2) is 0 Å². The first-order valence-corrected chi connectivity index (χ1v) is 9.00. The normalized spacial score (nSPS) is 16.9. The summed E-state index contributed by atoms with van der Waals surface area (Å²) in [6.07, 6.45) is 0.458. The largest absolute Gasteiger partial charge is 0.304 e. The van der Waals surface area contributed by atoms with E-state index >= 15 is 0 Å². The Labute approximate surface area is 128 Å². The molecule has 0 aliphatic carbocycles. The van der Waals surface area contributed by atoms with Gasteiger partial charge in [0.25, 0.3) is 16.0 Å². The number of carbonyl (C=O) groups excluding carboxylic acids is 1. The lowest BCUT2D eigenvalue weighted by Gasteiger charge is -2.22. The lowest BCUT2D eigenvalue weighted by molar-refractivity contribution is -0.116. The molecule has 0 fully saturated rings. The van der Waals surface area contributed by atoms with Gasteiger partial charge in [0.05, 0.1) is 17.0 Å². The number of anilines is 1. The van der Waals surface area contributed by atoms with Crippen LogP contribution < -0.4 is 5.01 Å². The molecular formula is C11H14N2O7S2. The molecular weight excluding hydrogens is 336 g/mol. The van der Waals surface area contributed by atoms with Gasteiger partial charge < -0.3 is 13.7 Å². The topological polar surface area (TPSA) is 148 Å². The van der Waals surface area contributed by atoms with Gasteiger partial charge >= 0.3 is 0 Å². The third-order valence-corrected chi connectivity index (χ3v) is 4.78. The van der Waals surface area contributed by atoms with Crippen LogP contribution in [0.1, 0.15) is 19.8 Å². The van der Waals surface area contributed by atoms with E-state index in [0.717, 1.165) is 23.2 Å². The summed E-state index contributed by atoms with van der Waals surface area (Å²) in [7, 11) is -8.80. The summed E-state index contributed by atoms with van der Waals surface area (Å²) in [5.41, 5.74) is 0.148. The van der Waals surface area contributed by atoms with Crippen LogP contribution in [-0.2, 0) is 14.9 Å². The van der Waals surface area contributed by atoms with Crippen molar-refractivity contribution in [1.29, 1.82) is 0 Å². The van der Waals surface area contributed by atoms with E-state index < -0.39 is 36.7 Å². The second kappa shape index (κ2) is 5.61. The highest BCUT2D eigenvalue weighted by Crippen LogP contribution is 2.46. The van der Waals surface area contributed by atoms with Crippen molar-refractivity contribution < 1.29 is 31.4 Å². The quantitative estimate of drug-likeness (QED) is 0.607. The fraction of sp³-hybridized carbons (Fsp3) is 0.273. The van der Waals surface area contributed by atoms with E-state index in [0.29, 0.717) is 12.1 Å². The Morgan fingerprint density at radius 3 is 2.32 bits per heavy atom. The Morgan fingerprint density at radius 2 is 1.86 bits per heavy atom. The molecule has 4 N–H and O–H groups in total. The third-order valence-electron chi connectivity index (χ3n) is 2.99. The minimum Gasteiger partial charge on any atom is -0.304 e. The zero-order valence-corrected chi connectivity index (χ0v) is 13.0. The summed E-state index contributed by atoms with van der Waals surface area (Å²) >= 11 is 0. The van der Waals surface area contributed by atoms with Crippen LogP contribution in [-0.4, -0.2) is 38.2 Å². The monoisotopic (exact) mass is 350 g/mol. The lowest BCUT2D eigenvalue weighted by Crippen LogP contribution is -2.22. The SMILES string of the molecule is CCC1=NN(c2cc(S(O)(O)O)ccc2S(=O)(=O)O)C(=O)C1. The van der Waals surface area contributed by atoms with Crippen molar-refractivity contribution in [1.82, 2.24) is 0 Å². The van der Waals surface area contributed by atoms with Gasteiger partial charge in [-0.3, -0.25) is 9.35 Å². The van der Waals surface area contributed by atoms with E-state index in [1.54, 1.807) is 6.92 Å². The molecule has 0 spiro atoms. The Morgan fingerprint density at radius 1 is 1.23 bits per heavy atom. The predicted molar refractivity (Wildman–Crippen MR) is 79.8 cm³/mol. The Hall–Kier alpha value is -1.50. The molecule has 11 heteroatoms. The lowest BCUT2D eigenvalue weighted by atomic mass is 10.2. The number of hydrogen-bond donors (Lipinski definition) is 4. The standard InChI is InChI=1S/C11H14N2O7S2/c1-2-7-5-11(14)13(12-7)9-6-8(21(15,16)17)3-4-10(9)22(18,19)20/h3-4,6,15-17H,2,5H2,1H3,(H,18,19,20). The number of nitrogens with zero attached hydrogens (tertiary/aromatic N) is 2. The number of hydrazone groups is 1. The van der Waals surface area contributed by atoms with Gasteiger partial charge in [-0.1, -0.05) is 6.92 Å². The third kappa shape index (κ3) is 3.29. The maximum Gasteiger partial charge on any atom is 0.296 e. The number of carbonyl (C=O) groups is 1. The zero-order valence-electron chi connectivity index (χ0n) is 11.4. The highest BCUT2D eigenvalue weighted by atomic mass is 32.3. The van der Waals surface area contributed by atoms with E-state index in [9.17, 15) is 31.4 Å². The summed E-state index contributed by atoms with van der Waals surface area (Å²) in [5.74, 6) is -0.534. The van der Waals surface area contributed by atoms with E-state index in [2.05, 4.69) is 5.10 Å². The molecule has 22 heavy (non-hydrogen) atoms. The molecule has 0 radical (unpaired) electrons. The molecule has 1 aliphatic rings. The molecule has 1 aromatic rings. The molecule has 1 amide bonds. The number of benzene rings is 1. The van der Waals surface area contributed by atoms with Crippen LogP contribution in [0.25, 0.3) is 0 Å². The van der Waals surface area contributed by atoms with Crippen LogP contribution in [0.4, 0.5) is 5.69 Å². The average Bonchev–Trinajstić information content (AvgIpc) is 2.77. The van der Waals surface area contributed by atoms with Crippen molar-refractivity contribution in [2.75, 3.05) is 5.01 Å². The highest BCUT2D eigenvalue weighted by Gasteiger charge is 2.31. The van der Waals surface area contributed by atoms with Gasteiger partial charge in [-0.2, -0.15) is 18.5 Å². The van der Waals surface area contributed by atoms with Crippen LogP contribution in [0.15, 0.2) is 33.1 Å². The molecule has 0 saturated heterocycles. The minimum absolute atomic E-state index is 0.0129. The molecule has 1 heterocycles. The van der Waals surface area contributed by atoms with Gasteiger partial charge in [0.2, 0.25) is 0 Å². The van der Waals surface area contributed by atoms with Crippen molar-refractivity contribution in [3.63, 3.8) is 0 Å².